The van der Waals surface area contributed by atoms with Gasteiger partial charge in [0.25, 0.3) is 0 Å². The average molecular weight is 292 g/mol. The molecule has 0 atom stereocenters. The fourth-order valence-electron chi connectivity index (χ4n) is 1.66. The first-order valence-corrected chi connectivity index (χ1v) is 6.83. The maximum atomic E-state index is 13.5. The van der Waals surface area contributed by atoms with Gasteiger partial charge in [-0.3, -0.25) is 4.68 Å². The Morgan fingerprint density at radius 3 is 2.95 bits per heavy atom. The zero-order chi connectivity index (χ0) is 14.5. The van der Waals surface area contributed by atoms with Gasteiger partial charge in [-0.05, 0) is 29.3 Å². The Morgan fingerprint density at radius 2 is 2.30 bits per heavy atom. The fraction of sp³-hybridized carbons (Fsp3) is 0.143. The molecule has 1 heterocycles. The highest BCUT2D eigenvalue weighted by atomic mass is 32.2. The summed E-state index contributed by atoms with van der Waals surface area (Å²) in [6.45, 7) is 0. The highest BCUT2D eigenvalue weighted by Crippen LogP contribution is 2.23. The van der Waals surface area contributed by atoms with Crippen molar-refractivity contribution >= 4 is 23.8 Å². The number of nitrogens with zero attached hydrogens (tertiary/aromatic N) is 2. The average Bonchev–Trinajstić information content (AvgIpc) is 2.79. The Labute approximate surface area is 119 Å². The van der Waals surface area contributed by atoms with Gasteiger partial charge in [-0.15, -0.1) is 11.8 Å². The Hall–Kier alpha value is -2.08. The lowest BCUT2D eigenvalue weighted by Gasteiger charge is -2.02. The van der Waals surface area contributed by atoms with Gasteiger partial charge in [-0.1, -0.05) is 6.07 Å². The molecule has 0 saturated carbocycles. The van der Waals surface area contributed by atoms with Crippen LogP contribution in [0.15, 0.2) is 41.6 Å². The molecule has 0 aliphatic rings. The van der Waals surface area contributed by atoms with E-state index in [0.29, 0.717) is 11.3 Å². The van der Waals surface area contributed by atoms with E-state index in [1.165, 1.54) is 18.2 Å². The van der Waals surface area contributed by atoms with Crippen LogP contribution < -0.4 is 0 Å². The second-order valence-electron chi connectivity index (χ2n) is 4.20. The molecule has 0 bridgehead atoms. The first kappa shape index (κ1) is 14.3. The van der Waals surface area contributed by atoms with Gasteiger partial charge < -0.3 is 5.11 Å². The number of hydrogen-bond acceptors (Lipinski definition) is 3. The Morgan fingerprint density at radius 1 is 1.50 bits per heavy atom. The smallest absolute Gasteiger partial charge is 0.328 e. The van der Waals surface area contributed by atoms with Crippen molar-refractivity contribution < 1.29 is 14.3 Å². The Bertz CT molecular complexity index is 652. The molecule has 20 heavy (non-hydrogen) atoms. The molecule has 0 spiro atoms. The SMILES string of the molecule is Cn1cc(SCc2cc(F)cc(C=CC(=O)O)c2)cn1. The van der Waals surface area contributed by atoms with E-state index in [1.54, 1.807) is 28.7 Å². The third kappa shape index (κ3) is 4.24. The highest BCUT2D eigenvalue weighted by Gasteiger charge is 2.02. The minimum absolute atomic E-state index is 0.376. The van der Waals surface area contributed by atoms with Crippen LogP contribution in [-0.2, 0) is 17.6 Å². The molecule has 4 nitrogen and oxygen atoms in total. The summed E-state index contributed by atoms with van der Waals surface area (Å²) >= 11 is 1.55. The molecule has 1 aromatic carbocycles. The molecule has 0 saturated heterocycles. The number of carboxylic acid groups (broad SMARTS) is 1. The number of aryl methyl sites for hydroxylation is 1. The van der Waals surface area contributed by atoms with Crippen LogP contribution in [0.5, 0.6) is 0 Å². The first-order valence-electron chi connectivity index (χ1n) is 5.85. The predicted octanol–water partition coefficient (Wildman–Crippen LogP) is 2.95. The largest absolute Gasteiger partial charge is 0.478 e. The van der Waals surface area contributed by atoms with Crippen molar-refractivity contribution in [1.29, 1.82) is 0 Å². The zero-order valence-corrected chi connectivity index (χ0v) is 11.6. The van der Waals surface area contributed by atoms with Gasteiger partial charge in [0, 0.05) is 30.0 Å². The molecular formula is C14H13FN2O2S. The molecule has 0 aliphatic carbocycles. The zero-order valence-electron chi connectivity index (χ0n) is 10.8. The van der Waals surface area contributed by atoms with Crippen LogP contribution in [0, 0.1) is 5.82 Å². The Balaban J connectivity index is 2.09. The summed E-state index contributed by atoms with van der Waals surface area (Å²) < 4.78 is 15.2. The number of aromatic nitrogens is 2. The van der Waals surface area contributed by atoms with Gasteiger partial charge in [0.15, 0.2) is 0 Å². The van der Waals surface area contributed by atoms with Gasteiger partial charge in [0.1, 0.15) is 5.82 Å². The van der Waals surface area contributed by atoms with E-state index in [2.05, 4.69) is 5.10 Å². The van der Waals surface area contributed by atoms with E-state index in [0.717, 1.165) is 16.5 Å². The van der Waals surface area contributed by atoms with Crippen molar-refractivity contribution in [1.82, 2.24) is 9.78 Å². The summed E-state index contributed by atoms with van der Waals surface area (Å²) in [4.78, 5) is 11.5. The normalized spacial score (nSPS) is 11.1. The lowest BCUT2D eigenvalue weighted by Crippen LogP contribution is -1.89. The van der Waals surface area contributed by atoms with Gasteiger partial charge in [-0.25, -0.2) is 9.18 Å². The monoisotopic (exact) mass is 292 g/mol. The fourth-order valence-corrected chi connectivity index (χ4v) is 2.51. The van der Waals surface area contributed by atoms with Gasteiger partial charge in [0.2, 0.25) is 0 Å². The van der Waals surface area contributed by atoms with Crippen LogP contribution in [0.1, 0.15) is 11.1 Å². The summed E-state index contributed by atoms with van der Waals surface area (Å²) in [5, 5.41) is 12.6. The summed E-state index contributed by atoms with van der Waals surface area (Å²) in [5.41, 5.74) is 1.33. The van der Waals surface area contributed by atoms with Crippen molar-refractivity contribution in [2.45, 2.75) is 10.6 Å². The van der Waals surface area contributed by atoms with Crippen LogP contribution in [0.3, 0.4) is 0 Å². The molecule has 104 valence electrons. The molecule has 0 unspecified atom stereocenters. The maximum absolute atomic E-state index is 13.5. The lowest BCUT2D eigenvalue weighted by molar-refractivity contribution is -0.131. The molecule has 1 aromatic heterocycles. The number of hydrogen-bond donors (Lipinski definition) is 1. The maximum Gasteiger partial charge on any atom is 0.328 e. The van der Waals surface area contributed by atoms with Gasteiger partial charge >= 0.3 is 5.97 Å². The van der Waals surface area contributed by atoms with Crippen LogP contribution in [0.2, 0.25) is 0 Å². The van der Waals surface area contributed by atoms with E-state index >= 15 is 0 Å². The quantitative estimate of drug-likeness (QED) is 0.680. The first-order chi connectivity index (χ1) is 9.52. The summed E-state index contributed by atoms with van der Waals surface area (Å²) in [6.07, 6.45) is 6.00. The van der Waals surface area contributed by atoms with E-state index < -0.39 is 5.97 Å². The third-order valence-corrected chi connectivity index (χ3v) is 3.51. The molecular weight excluding hydrogens is 279 g/mol. The summed E-state index contributed by atoms with van der Waals surface area (Å²) in [6, 6.07) is 4.52. The van der Waals surface area contributed by atoms with Crippen molar-refractivity contribution in [3.63, 3.8) is 0 Å². The van der Waals surface area contributed by atoms with E-state index in [4.69, 9.17) is 5.11 Å². The van der Waals surface area contributed by atoms with Crippen molar-refractivity contribution in [3.05, 3.63) is 53.6 Å². The molecule has 0 amide bonds. The molecule has 0 aliphatic heterocycles. The summed E-state index contributed by atoms with van der Waals surface area (Å²) in [7, 11) is 1.83. The topological polar surface area (TPSA) is 55.1 Å². The molecule has 6 heteroatoms. The number of halogens is 1. The minimum Gasteiger partial charge on any atom is -0.478 e. The Kier molecular flexibility index (Phi) is 4.57. The number of carboxylic acids is 1. The van der Waals surface area contributed by atoms with Crippen LogP contribution in [-0.4, -0.2) is 20.9 Å². The van der Waals surface area contributed by atoms with E-state index in [-0.39, 0.29) is 5.82 Å². The van der Waals surface area contributed by atoms with E-state index in [9.17, 15) is 9.18 Å². The second kappa shape index (κ2) is 6.38. The number of carbonyl (C=O) groups is 1. The molecule has 2 aromatic rings. The van der Waals surface area contributed by atoms with Gasteiger partial charge in [0.05, 0.1) is 6.20 Å². The molecule has 0 radical (unpaired) electrons. The molecule has 0 fully saturated rings. The lowest BCUT2D eigenvalue weighted by atomic mass is 10.1. The van der Waals surface area contributed by atoms with Crippen LogP contribution >= 0.6 is 11.8 Å². The van der Waals surface area contributed by atoms with Crippen LogP contribution in [0.25, 0.3) is 6.08 Å². The second-order valence-corrected chi connectivity index (χ2v) is 5.25. The van der Waals surface area contributed by atoms with Crippen molar-refractivity contribution in [3.8, 4) is 0 Å². The molecule has 1 N–H and O–H groups in total. The number of rotatable bonds is 5. The minimum atomic E-state index is -1.06. The standard InChI is InChI=1S/C14H13FN2O2S/c1-17-8-13(7-16-17)20-9-11-4-10(2-3-14(18)19)5-12(15)6-11/h2-8H,9H2,1H3,(H,18,19). The molecule has 2 rings (SSSR count). The van der Waals surface area contributed by atoms with E-state index in [1.807, 2.05) is 13.2 Å². The number of thioether (sulfide) groups is 1. The van der Waals surface area contributed by atoms with Crippen molar-refractivity contribution in [2.75, 3.05) is 0 Å². The third-order valence-electron chi connectivity index (χ3n) is 2.48. The number of aliphatic carboxylic acids is 1. The van der Waals surface area contributed by atoms with Crippen LogP contribution in [0.4, 0.5) is 4.39 Å². The van der Waals surface area contributed by atoms with Gasteiger partial charge in [-0.2, -0.15) is 5.10 Å². The highest BCUT2D eigenvalue weighted by molar-refractivity contribution is 7.98. The van der Waals surface area contributed by atoms with Crippen molar-refractivity contribution in [2.24, 2.45) is 7.05 Å². The summed E-state index contributed by atoms with van der Waals surface area (Å²) in [5.74, 6) is -0.836. The number of benzene rings is 1. The predicted molar refractivity (Wildman–Crippen MR) is 75.8 cm³/mol.